The van der Waals surface area contributed by atoms with E-state index in [1.807, 2.05) is 43.0 Å². The first-order valence-corrected chi connectivity index (χ1v) is 11.7. The van der Waals surface area contributed by atoms with Crippen LogP contribution < -0.4 is 15.5 Å². The number of piperazine rings is 1. The monoisotopic (exact) mass is 468 g/mol. The van der Waals surface area contributed by atoms with E-state index >= 15 is 0 Å². The van der Waals surface area contributed by atoms with Gasteiger partial charge in [-0.2, -0.15) is 0 Å². The topological polar surface area (TPSA) is 81.8 Å². The van der Waals surface area contributed by atoms with Crippen molar-refractivity contribution in [3.8, 4) is 0 Å². The van der Waals surface area contributed by atoms with Crippen molar-refractivity contribution < 1.29 is 14.4 Å². The van der Waals surface area contributed by atoms with Crippen LogP contribution in [0.5, 0.6) is 0 Å². The van der Waals surface area contributed by atoms with E-state index in [1.54, 1.807) is 17.0 Å². The van der Waals surface area contributed by atoms with Crippen molar-refractivity contribution in [2.45, 2.75) is 26.7 Å². The number of anilines is 2. The first-order valence-electron chi connectivity index (χ1n) is 11.3. The smallest absolute Gasteiger partial charge is 0.253 e. The fourth-order valence-electron chi connectivity index (χ4n) is 4.59. The van der Waals surface area contributed by atoms with E-state index in [9.17, 15) is 14.4 Å². The summed E-state index contributed by atoms with van der Waals surface area (Å²) in [6.07, 6.45) is 1.52. The van der Waals surface area contributed by atoms with Gasteiger partial charge in [0.25, 0.3) is 5.91 Å². The van der Waals surface area contributed by atoms with Crippen LogP contribution in [-0.2, 0) is 9.59 Å². The summed E-state index contributed by atoms with van der Waals surface area (Å²) in [5.74, 6) is -0.462. The van der Waals surface area contributed by atoms with Crippen LogP contribution in [0.3, 0.4) is 0 Å². The minimum absolute atomic E-state index is 0.0303. The molecule has 2 heterocycles. The highest BCUT2D eigenvalue weighted by Crippen LogP contribution is 2.30. The molecule has 0 radical (unpaired) electrons. The molecule has 0 spiro atoms. The number of rotatable bonds is 4. The number of hydrogen-bond donors (Lipinski definition) is 2. The maximum Gasteiger partial charge on any atom is 0.253 e. The standard InChI is InChI=1S/C25H29ClN4O3/c1-16-10-17(2)12-19(11-16)25(33)30-8-3-4-18(14-30)24(32)28-20-5-6-22(21(26)13-20)29-9-7-27-23(31)15-29/h5-6,10-13,18H,3-4,7-9,14-15H2,1-2H3,(H,27,31)(H,28,32). The number of aryl methyl sites for hydroxylation is 2. The molecule has 2 aromatic rings. The quantitative estimate of drug-likeness (QED) is 0.720. The van der Waals surface area contributed by atoms with E-state index in [0.717, 1.165) is 29.7 Å². The number of nitrogens with one attached hydrogen (secondary N) is 2. The largest absolute Gasteiger partial charge is 0.359 e. The molecule has 2 saturated heterocycles. The maximum atomic E-state index is 13.0. The predicted molar refractivity (Wildman–Crippen MR) is 130 cm³/mol. The van der Waals surface area contributed by atoms with E-state index in [4.69, 9.17) is 11.6 Å². The van der Waals surface area contributed by atoms with E-state index in [0.29, 0.717) is 42.5 Å². The Morgan fingerprint density at radius 3 is 2.55 bits per heavy atom. The second kappa shape index (κ2) is 9.83. The highest BCUT2D eigenvalue weighted by Gasteiger charge is 2.29. The van der Waals surface area contributed by atoms with E-state index in [1.165, 1.54) is 0 Å². The van der Waals surface area contributed by atoms with Gasteiger partial charge in [-0.25, -0.2) is 0 Å². The van der Waals surface area contributed by atoms with Crippen LogP contribution in [0.25, 0.3) is 0 Å². The van der Waals surface area contributed by atoms with Crippen molar-refractivity contribution in [1.82, 2.24) is 10.2 Å². The summed E-state index contributed by atoms with van der Waals surface area (Å²) in [6, 6.07) is 11.2. The zero-order valence-electron chi connectivity index (χ0n) is 19.0. The van der Waals surface area contributed by atoms with Gasteiger partial charge in [0.05, 0.1) is 23.2 Å². The molecule has 2 N–H and O–H groups in total. The first-order chi connectivity index (χ1) is 15.8. The van der Waals surface area contributed by atoms with Crippen molar-refractivity contribution in [3.63, 3.8) is 0 Å². The Labute approximate surface area is 199 Å². The lowest BCUT2D eigenvalue weighted by molar-refractivity contribution is -0.121. The van der Waals surface area contributed by atoms with Gasteiger partial charge in [0.1, 0.15) is 0 Å². The fourth-order valence-corrected chi connectivity index (χ4v) is 4.89. The van der Waals surface area contributed by atoms with E-state index < -0.39 is 0 Å². The molecule has 1 atom stereocenters. The Morgan fingerprint density at radius 1 is 1.09 bits per heavy atom. The molecule has 8 heteroatoms. The van der Waals surface area contributed by atoms with Gasteiger partial charge in [0.15, 0.2) is 0 Å². The average Bonchev–Trinajstić information content (AvgIpc) is 2.78. The molecule has 174 valence electrons. The average molecular weight is 469 g/mol. The molecule has 7 nitrogen and oxygen atoms in total. The van der Waals surface area contributed by atoms with Gasteiger partial charge in [0, 0.05) is 37.4 Å². The van der Waals surface area contributed by atoms with Crippen LogP contribution in [0, 0.1) is 19.8 Å². The van der Waals surface area contributed by atoms with Gasteiger partial charge in [-0.15, -0.1) is 0 Å². The number of halogens is 1. The summed E-state index contributed by atoms with van der Waals surface area (Å²) in [5.41, 5.74) is 4.15. The molecule has 2 aliphatic heterocycles. The number of carbonyl (C=O) groups is 3. The Bertz CT molecular complexity index is 1070. The number of likely N-dealkylation sites (tertiary alicyclic amines) is 1. The zero-order valence-corrected chi connectivity index (χ0v) is 19.7. The Morgan fingerprint density at radius 2 is 1.85 bits per heavy atom. The molecule has 2 fully saturated rings. The van der Waals surface area contributed by atoms with Gasteiger partial charge in [-0.1, -0.05) is 28.8 Å². The Hall–Kier alpha value is -3.06. The van der Waals surface area contributed by atoms with Crippen LogP contribution in [0.1, 0.15) is 34.3 Å². The number of hydrogen-bond acceptors (Lipinski definition) is 4. The summed E-state index contributed by atoms with van der Waals surface area (Å²) in [7, 11) is 0. The molecule has 0 aliphatic carbocycles. The summed E-state index contributed by atoms with van der Waals surface area (Å²) < 4.78 is 0. The lowest BCUT2D eigenvalue weighted by atomic mass is 9.96. The van der Waals surface area contributed by atoms with Gasteiger partial charge >= 0.3 is 0 Å². The summed E-state index contributed by atoms with van der Waals surface area (Å²) in [5, 5.41) is 6.23. The normalized spacial score (nSPS) is 18.6. The number of carbonyl (C=O) groups excluding carboxylic acids is 3. The van der Waals surface area contributed by atoms with Crippen LogP contribution in [0.4, 0.5) is 11.4 Å². The summed E-state index contributed by atoms with van der Waals surface area (Å²) in [6.45, 7) is 6.53. The van der Waals surface area contributed by atoms with Crippen LogP contribution in [-0.4, -0.2) is 55.3 Å². The third-order valence-corrected chi connectivity index (χ3v) is 6.45. The van der Waals surface area contributed by atoms with Gasteiger partial charge in [0.2, 0.25) is 11.8 Å². The SMILES string of the molecule is Cc1cc(C)cc(C(=O)N2CCCC(C(=O)Nc3ccc(N4CCNC(=O)C4)c(Cl)c3)C2)c1. The predicted octanol–water partition coefficient (Wildman–Crippen LogP) is 3.38. The molecule has 33 heavy (non-hydrogen) atoms. The molecule has 0 aromatic heterocycles. The number of piperidine rings is 1. The first kappa shape index (κ1) is 23.1. The number of amides is 3. The molecule has 2 aromatic carbocycles. The Kier molecular flexibility index (Phi) is 6.88. The molecule has 1 unspecified atom stereocenters. The molecule has 0 bridgehead atoms. The fraction of sp³-hybridized carbons (Fsp3) is 0.400. The molecular formula is C25H29ClN4O3. The number of nitrogens with zero attached hydrogens (tertiary/aromatic N) is 2. The maximum absolute atomic E-state index is 13.0. The van der Waals surface area contributed by atoms with Crippen molar-refractivity contribution >= 4 is 40.7 Å². The summed E-state index contributed by atoms with van der Waals surface area (Å²) >= 11 is 6.46. The third kappa shape index (κ3) is 5.47. The second-order valence-electron chi connectivity index (χ2n) is 8.89. The van der Waals surface area contributed by atoms with Crippen LogP contribution >= 0.6 is 11.6 Å². The Balaban J connectivity index is 1.40. The molecule has 3 amide bonds. The van der Waals surface area contributed by atoms with E-state index in [-0.39, 0.29) is 30.2 Å². The van der Waals surface area contributed by atoms with Crippen molar-refractivity contribution in [2.24, 2.45) is 5.92 Å². The van der Waals surface area contributed by atoms with Gasteiger partial charge in [-0.3, -0.25) is 14.4 Å². The minimum atomic E-state index is -0.280. The van der Waals surface area contributed by atoms with Crippen LogP contribution in [0.2, 0.25) is 5.02 Å². The third-order valence-electron chi connectivity index (χ3n) is 6.14. The molecule has 2 aliphatic rings. The minimum Gasteiger partial charge on any atom is -0.359 e. The second-order valence-corrected chi connectivity index (χ2v) is 9.30. The van der Waals surface area contributed by atoms with Crippen molar-refractivity contribution in [3.05, 3.63) is 58.1 Å². The molecule has 0 saturated carbocycles. The molecular weight excluding hydrogens is 440 g/mol. The summed E-state index contributed by atoms with van der Waals surface area (Å²) in [4.78, 5) is 41.4. The van der Waals surface area contributed by atoms with Crippen molar-refractivity contribution in [1.29, 1.82) is 0 Å². The van der Waals surface area contributed by atoms with Crippen LogP contribution in [0.15, 0.2) is 36.4 Å². The lowest BCUT2D eigenvalue weighted by Crippen LogP contribution is -2.47. The van der Waals surface area contributed by atoms with Gasteiger partial charge < -0.3 is 20.4 Å². The van der Waals surface area contributed by atoms with Crippen molar-refractivity contribution in [2.75, 3.05) is 42.9 Å². The highest BCUT2D eigenvalue weighted by molar-refractivity contribution is 6.33. The number of benzene rings is 2. The molecule has 4 rings (SSSR count). The zero-order chi connectivity index (χ0) is 23.5. The lowest BCUT2D eigenvalue weighted by Gasteiger charge is -2.32. The highest BCUT2D eigenvalue weighted by atomic mass is 35.5. The van der Waals surface area contributed by atoms with Gasteiger partial charge in [-0.05, 0) is 57.0 Å². The van der Waals surface area contributed by atoms with E-state index in [2.05, 4.69) is 10.6 Å².